The van der Waals surface area contributed by atoms with E-state index in [1.807, 2.05) is 24.4 Å². The molecule has 4 rings (SSSR count). The summed E-state index contributed by atoms with van der Waals surface area (Å²) in [6, 6.07) is 16.1. The molecule has 0 unspecified atom stereocenters. The predicted molar refractivity (Wildman–Crippen MR) is 123 cm³/mol. The molecule has 2 heterocycles. The van der Waals surface area contributed by atoms with Crippen LogP contribution in [0.15, 0.2) is 66.0 Å². The maximum absolute atomic E-state index is 13.4. The van der Waals surface area contributed by atoms with Crippen LogP contribution in [0, 0.1) is 5.82 Å². The Labute approximate surface area is 193 Å². The van der Waals surface area contributed by atoms with Crippen molar-refractivity contribution in [3.63, 3.8) is 0 Å². The second-order valence-electron chi connectivity index (χ2n) is 6.85. The highest BCUT2D eigenvalue weighted by Crippen LogP contribution is 2.26. The summed E-state index contributed by atoms with van der Waals surface area (Å²) < 4.78 is 20.3. The SMILES string of the molecule is CCNC(=O)COc1ccc(NC(=O)c2nc(-c3cccs3)n(-c3ccc(F)cc3)n2)cc1. The van der Waals surface area contributed by atoms with Crippen LogP contribution in [0.1, 0.15) is 17.5 Å². The van der Waals surface area contributed by atoms with Crippen LogP contribution in [0.5, 0.6) is 5.75 Å². The number of carbonyl (C=O) groups excluding carboxylic acids is 2. The van der Waals surface area contributed by atoms with Gasteiger partial charge < -0.3 is 15.4 Å². The molecule has 0 saturated carbocycles. The molecule has 4 aromatic rings. The third-order valence-corrected chi connectivity index (χ3v) is 5.34. The van der Waals surface area contributed by atoms with E-state index in [9.17, 15) is 14.0 Å². The molecule has 2 aromatic heterocycles. The van der Waals surface area contributed by atoms with Gasteiger partial charge in [-0.1, -0.05) is 6.07 Å². The number of carbonyl (C=O) groups is 2. The number of thiophene rings is 1. The van der Waals surface area contributed by atoms with Crippen molar-refractivity contribution in [1.29, 1.82) is 0 Å². The van der Waals surface area contributed by atoms with Crippen LogP contribution in [0.25, 0.3) is 16.4 Å². The maximum atomic E-state index is 13.4. The Morgan fingerprint density at radius 2 is 1.85 bits per heavy atom. The Balaban J connectivity index is 1.51. The van der Waals surface area contributed by atoms with Gasteiger partial charge in [-0.2, -0.15) is 0 Å². The van der Waals surface area contributed by atoms with Crippen molar-refractivity contribution < 1.29 is 18.7 Å². The van der Waals surface area contributed by atoms with E-state index in [4.69, 9.17) is 4.74 Å². The topological polar surface area (TPSA) is 98.1 Å². The Hall–Kier alpha value is -4.05. The number of hydrogen-bond donors (Lipinski definition) is 2. The Bertz CT molecular complexity index is 1240. The Kier molecular flexibility index (Phi) is 6.75. The van der Waals surface area contributed by atoms with Crippen molar-refractivity contribution in [1.82, 2.24) is 20.1 Å². The number of hydrogen-bond acceptors (Lipinski definition) is 6. The lowest BCUT2D eigenvalue weighted by molar-refractivity contribution is -0.122. The number of nitrogens with one attached hydrogen (secondary N) is 2. The Morgan fingerprint density at radius 1 is 1.09 bits per heavy atom. The van der Waals surface area contributed by atoms with Crippen LogP contribution >= 0.6 is 11.3 Å². The van der Waals surface area contributed by atoms with Crippen LogP contribution in [-0.2, 0) is 4.79 Å². The van der Waals surface area contributed by atoms with Gasteiger partial charge in [-0.15, -0.1) is 16.4 Å². The van der Waals surface area contributed by atoms with E-state index in [2.05, 4.69) is 20.7 Å². The molecule has 33 heavy (non-hydrogen) atoms. The number of ether oxygens (including phenoxy) is 1. The van der Waals surface area contributed by atoms with Gasteiger partial charge in [0, 0.05) is 12.2 Å². The van der Waals surface area contributed by atoms with E-state index in [1.165, 1.54) is 28.2 Å². The summed E-state index contributed by atoms with van der Waals surface area (Å²) >= 11 is 1.46. The first-order valence-electron chi connectivity index (χ1n) is 10.1. The van der Waals surface area contributed by atoms with Crippen LogP contribution in [-0.4, -0.2) is 39.7 Å². The summed E-state index contributed by atoms with van der Waals surface area (Å²) in [7, 11) is 0. The monoisotopic (exact) mass is 465 g/mol. The van der Waals surface area contributed by atoms with Crippen molar-refractivity contribution in [2.75, 3.05) is 18.5 Å². The fourth-order valence-electron chi connectivity index (χ4n) is 2.95. The number of amides is 2. The average molecular weight is 466 g/mol. The smallest absolute Gasteiger partial charge is 0.295 e. The van der Waals surface area contributed by atoms with E-state index >= 15 is 0 Å². The van der Waals surface area contributed by atoms with Crippen molar-refractivity contribution in [2.45, 2.75) is 6.92 Å². The standard InChI is InChI=1S/C23H20FN5O3S/c1-2-25-20(30)14-32-18-11-7-16(8-12-18)26-23(31)21-27-22(19-4-3-13-33-19)29(28-21)17-9-5-15(24)6-10-17/h3-13H,2,14H2,1H3,(H,25,30)(H,26,31). The normalized spacial score (nSPS) is 10.6. The molecule has 168 valence electrons. The number of aromatic nitrogens is 3. The van der Waals surface area contributed by atoms with Crippen LogP contribution in [0.4, 0.5) is 10.1 Å². The molecule has 2 N–H and O–H groups in total. The van der Waals surface area contributed by atoms with Crippen LogP contribution in [0.2, 0.25) is 0 Å². The minimum absolute atomic E-state index is 0.0284. The van der Waals surface area contributed by atoms with Gasteiger partial charge in [-0.3, -0.25) is 9.59 Å². The average Bonchev–Trinajstić information content (AvgIpc) is 3.49. The first-order chi connectivity index (χ1) is 16.0. The molecule has 8 nitrogen and oxygen atoms in total. The fourth-order valence-corrected chi connectivity index (χ4v) is 3.65. The summed E-state index contributed by atoms with van der Waals surface area (Å²) in [4.78, 5) is 29.5. The lowest BCUT2D eigenvalue weighted by Crippen LogP contribution is -2.28. The number of rotatable bonds is 8. The molecule has 0 radical (unpaired) electrons. The molecule has 10 heteroatoms. The van der Waals surface area contributed by atoms with Gasteiger partial charge in [0.1, 0.15) is 11.6 Å². The lowest BCUT2D eigenvalue weighted by atomic mass is 10.3. The second kappa shape index (κ2) is 10.0. The molecule has 0 bridgehead atoms. The zero-order valence-corrected chi connectivity index (χ0v) is 18.4. The highest BCUT2D eigenvalue weighted by molar-refractivity contribution is 7.13. The number of likely N-dealkylation sites (N-methyl/N-ethyl adjacent to an activating group) is 1. The van der Waals surface area contributed by atoms with E-state index in [0.717, 1.165) is 4.88 Å². The van der Waals surface area contributed by atoms with E-state index in [0.29, 0.717) is 29.5 Å². The summed E-state index contributed by atoms with van der Waals surface area (Å²) in [6.45, 7) is 2.28. The molecule has 0 fully saturated rings. The number of anilines is 1. The van der Waals surface area contributed by atoms with E-state index in [-0.39, 0.29) is 24.2 Å². The lowest BCUT2D eigenvalue weighted by Gasteiger charge is -2.07. The Morgan fingerprint density at radius 3 is 2.52 bits per heavy atom. The van der Waals surface area contributed by atoms with Gasteiger partial charge in [0.05, 0.1) is 10.6 Å². The first-order valence-corrected chi connectivity index (χ1v) is 11.0. The highest BCUT2D eigenvalue weighted by atomic mass is 32.1. The molecule has 2 amide bonds. The molecule has 0 aliphatic heterocycles. The van der Waals surface area contributed by atoms with Gasteiger partial charge in [0.2, 0.25) is 5.82 Å². The van der Waals surface area contributed by atoms with Crippen LogP contribution < -0.4 is 15.4 Å². The van der Waals surface area contributed by atoms with Gasteiger partial charge in [-0.05, 0) is 66.9 Å². The van der Waals surface area contributed by atoms with Gasteiger partial charge in [0.15, 0.2) is 12.4 Å². The summed E-state index contributed by atoms with van der Waals surface area (Å²) in [5.74, 6) is -0.120. The molecule has 2 aromatic carbocycles. The van der Waals surface area contributed by atoms with Gasteiger partial charge in [0.25, 0.3) is 11.8 Å². The zero-order chi connectivity index (χ0) is 23.2. The molecule has 0 saturated heterocycles. The zero-order valence-electron chi connectivity index (χ0n) is 17.6. The molecule has 0 atom stereocenters. The largest absolute Gasteiger partial charge is 0.484 e. The van der Waals surface area contributed by atoms with Gasteiger partial charge in [-0.25, -0.2) is 14.1 Å². The third-order valence-electron chi connectivity index (χ3n) is 4.48. The molecular weight excluding hydrogens is 445 g/mol. The minimum atomic E-state index is -0.496. The quantitative estimate of drug-likeness (QED) is 0.411. The maximum Gasteiger partial charge on any atom is 0.295 e. The molecule has 0 aliphatic carbocycles. The van der Waals surface area contributed by atoms with Crippen molar-refractivity contribution in [3.05, 3.63) is 77.7 Å². The predicted octanol–water partition coefficient (Wildman–Crippen LogP) is 3.90. The molecular formula is C23H20FN5O3S. The van der Waals surface area contributed by atoms with E-state index in [1.54, 1.807) is 36.4 Å². The van der Waals surface area contributed by atoms with Crippen molar-refractivity contribution in [2.24, 2.45) is 0 Å². The fraction of sp³-hybridized carbons (Fsp3) is 0.130. The minimum Gasteiger partial charge on any atom is -0.484 e. The van der Waals surface area contributed by atoms with Crippen molar-refractivity contribution in [3.8, 4) is 22.1 Å². The third kappa shape index (κ3) is 5.42. The summed E-state index contributed by atoms with van der Waals surface area (Å²) in [6.07, 6.45) is 0. The van der Waals surface area contributed by atoms with E-state index < -0.39 is 5.91 Å². The highest BCUT2D eigenvalue weighted by Gasteiger charge is 2.19. The molecule has 0 spiro atoms. The summed E-state index contributed by atoms with van der Waals surface area (Å²) in [5, 5.41) is 11.6. The van der Waals surface area contributed by atoms with Crippen LogP contribution in [0.3, 0.4) is 0 Å². The van der Waals surface area contributed by atoms with Gasteiger partial charge >= 0.3 is 0 Å². The second-order valence-corrected chi connectivity index (χ2v) is 7.79. The summed E-state index contributed by atoms with van der Waals surface area (Å²) in [5.41, 5.74) is 1.10. The molecule has 0 aliphatic rings. The van der Waals surface area contributed by atoms with Crippen molar-refractivity contribution >= 4 is 28.8 Å². The number of benzene rings is 2. The first kappa shape index (κ1) is 22.2. The number of halogens is 1. The number of nitrogens with zero attached hydrogens (tertiary/aromatic N) is 3.